The molecule has 1 fully saturated rings. The van der Waals surface area contributed by atoms with E-state index in [0.29, 0.717) is 6.42 Å². The van der Waals surface area contributed by atoms with Crippen LogP contribution in [0.3, 0.4) is 0 Å². The van der Waals surface area contributed by atoms with E-state index in [-0.39, 0.29) is 53.1 Å². The Kier molecular flexibility index (Phi) is 11.0. The maximum atomic E-state index is 14.4. The Morgan fingerprint density at radius 3 is 2.34 bits per heavy atom. The lowest BCUT2D eigenvalue weighted by Gasteiger charge is -2.38. The molecule has 1 aliphatic rings. The molecule has 0 radical (unpaired) electrons. The van der Waals surface area contributed by atoms with Crippen LogP contribution in [0.25, 0.3) is 10.4 Å². The summed E-state index contributed by atoms with van der Waals surface area (Å²) in [6.07, 6.45) is -1.09. The summed E-state index contributed by atoms with van der Waals surface area (Å²) in [6, 6.07) is 8.47. The first-order chi connectivity index (χ1) is 21.9. The average Bonchev–Trinajstić information content (AvgIpc) is 3.72. The number of aromatic nitrogens is 2. The number of carboxylic acid groups (broad SMARTS) is 1. The number of carbonyl (C=O) groups is 3. The number of nitrogens with one attached hydrogen (secondary N) is 1. The second-order valence-electron chi connectivity index (χ2n) is 14.2. The van der Waals surface area contributed by atoms with Gasteiger partial charge in [0.15, 0.2) is 20.2 Å². The Balaban J connectivity index is 1.58. The monoisotopic (exact) mass is 684 g/mol. The molecule has 0 spiro atoms. The minimum atomic E-state index is -2.22. The molecule has 0 saturated carbocycles. The second-order valence-corrected chi connectivity index (χ2v) is 19.9. The normalized spacial score (nSPS) is 19.0. The molecule has 0 aliphatic carbocycles. The van der Waals surface area contributed by atoms with E-state index in [0.717, 1.165) is 21.7 Å². The van der Waals surface area contributed by atoms with E-state index in [9.17, 15) is 19.5 Å². The van der Waals surface area contributed by atoms with Crippen molar-refractivity contribution in [1.82, 2.24) is 20.4 Å². The van der Waals surface area contributed by atoms with Gasteiger partial charge in [0.25, 0.3) is 5.88 Å². The van der Waals surface area contributed by atoms with Crippen molar-refractivity contribution in [2.75, 3.05) is 6.54 Å². The molecule has 0 bridgehead atoms. The highest BCUT2D eigenvalue weighted by atomic mass is 32.1. The maximum Gasteiger partial charge on any atom is 0.344 e. The molecule has 2 N–H and O–H groups in total. The first kappa shape index (κ1) is 36.3. The van der Waals surface area contributed by atoms with Crippen LogP contribution in [0.1, 0.15) is 83.9 Å². The van der Waals surface area contributed by atoms with Crippen molar-refractivity contribution in [3.05, 3.63) is 52.9 Å². The fraction of sp³-hybridized carbons (Fsp3) is 0.559. The molecule has 11 nitrogen and oxygen atoms in total. The summed E-state index contributed by atoms with van der Waals surface area (Å²) in [4.78, 5) is 46.7. The molecule has 47 heavy (non-hydrogen) atoms. The molecule has 1 aliphatic heterocycles. The maximum absolute atomic E-state index is 14.4. The molecule has 256 valence electrons. The van der Waals surface area contributed by atoms with Crippen molar-refractivity contribution in [1.29, 1.82) is 0 Å². The fourth-order valence-electron chi connectivity index (χ4n) is 5.48. The third-order valence-electron chi connectivity index (χ3n) is 9.28. The predicted octanol–water partition coefficient (Wildman–Crippen LogP) is 6.57. The Morgan fingerprint density at radius 2 is 1.79 bits per heavy atom. The highest BCUT2D eigenvalue weighted by molar-refractivity contribution is 7.13. The number of ether oxygens (including phenoxy) is 1. The topological polar surface area (TPSA) is 144 Å². The number of thiazole rings is 1. The summed E-state index contributed by atoms with van der Waals surface area (Å²) in [5.74, 6) is -2.46. The van der Waals surface area contributed by atoms with Gasteiger partial charge in [0.1, 0.15) is 12.0 Å². The zero-order valence-corrected chi connectivity index (χ0v) is 30.8. The van der Waals surface area contributed by atoms with Gasteiger partial charge in [0.2, 0.25) is 11.8 Å². The summed E-state index contributed by atoms with van der Waals surface area (Å²) in [6.45, 7) is 20.1. The molecule has 13 heteroatoms. The van der Waals surface area contributed by atoms with Crippen LogP contribution in [0.2, 0.25) is 18.1 Å². The summed E-state index contributed by atoms with van der Waals surface area (Å²) in [7, 11) is -2.22. The first-order valence-electron chi connectivity index (χ1n) is 16.0. The van der Waals surface area contributed by atoms with E-state index in [4.69, 9.17) is 13.7 Å². The highest BCUT2D eigenvalue weighted by Crippen LogP contribution is 2.40. The van der Waals surface area contributed by atoms with Crippen molar-refractivity contribution in [2.45, 2.75) is 110 Å². The molecule has 2 aromatic heterocycles. The third kappa shape index (κ3) is 8.30. The number of aliphatic carboxylic acids is 1. The van der Waals surface area contributed by atoms with Crippen LogP contribution in [0.5, 0.6) is 5.88 Å². The fourth-order valence-corrected chi connectivity index (χ4v) is 7.65. The number of hydrogen-bond donors (Lipinski definition) is 2. The zero-order valence-electron chi connectivity index (χ0n) is 29.0. The number of carboxylic acids is 1. The number of rotatable bonds is 12. The Bertz CT molecular complexity index is 1560. The standard InChI is InChI=1S/C34H48N4O7SSi/c1-19(2)29(27-16-28(37-44-27)43-22(5)33(41)42)32(40)38-17-25(45-47(9,10)34(6,7)8)15-26(38)31(39)36-20(3)23-11-13-24(14-12-23)30-21(4)35-18-46-30/h11-14,16,18-20,22,25-26,29H,15,17H2,1-10H3,(H,36,39)(H,41,42)/t20-,22-,25?,26-,29+/m0/s1. The van der Waals surface area contributed by atoms with E-state index in [2.05, 4.69) is 49.3 Å². The Labute approximate surface area is 282 Å². The molecule has 2 amide bonds. The average molecular weight is 685 g/mol. The smallest absolute Gasteiger partial charge is 0.344 e. The Morgan fingerprint density at radius 1 is 1.13 bits per heavy atom. The van der Waals surface area contributed by atoms with Gasteiger partial charge in [-0.2, -0.15) is 0 Å². The SMILES string of the molecule is Cc1ncsc1-c1ccc([C@H](C)NC(=O)[C@@H]2CC(O[Si](C)(C)C(C)(C)C)CN2C(=O)[C@@H](c2cc(O[C@@H](C)C(=O)O)no2)C(C)C)cc1. The summed E-state index contributed by atoms with van der Waals surface area (Å²) in [5, 5.41) is 16.2. The Hall–Kier alpha value is -3.55. The van der Waals surface area contributed by atoms with Crippen molar-refractivity contribution in [3.8, 4) is 16.3 Å². The van der Waals surface area contributed by atoms with Gasteiger partial charge in [0, 0.05) is 19.0 Å². The molecule has 1 unspecified atom stereocenters. The molecule has 1 saturated heterocycles. The molecule has 1 aromatic carbocycles. The summed E-state index contributed by atoms with van der Waals surface area (Å²) < 4.78 is 17.6. The van der Waals surface area contributed by atoms with Crippen LogP contribution in [0.4, 0.5) is 0 Å². The van der Waals surface area contributed by atoms with Crippen molar-refractivity contribution in [2.24, 2.45) is 5.92 Å². The number of benzene rings is 1. The molecule has 3 aromatic rings. The van der Waals surface area contributed by atoms with Crippen molar-refractivity contribution >= 4 is 37.4 Å². The van der Waals surface area contributed by atoms with Crippen LogP contribution >= 0.6 is 11.3 Å². The van der Waals surface area contributed by atoms with E-state index in [1.807, 2.05) is 57.5 Å². The van der Waals surface area contributed by atoms with Gasteiger partial charge in [0.05, 0.1) is 28.2 Å². The van der Waals surface area contributed by atoms with Crippen LogP contribution in [0.15, 0.2) is 40.4 Å². The van der Waals surface area contributed by atoms with Gasteiger partial charge in [-0.3, -0.25) is 9.59 Å². The van der Waals surface area contributed by atoms with Crippen molar-refractivity contribution in [3.63, 3.8) is 0 Å². The second kappa shape index (κ2) is 14.3. The van der Waals surface area contributed by atoms with E-state index < -0.39 is 32.4 Å². The summed E-state index contributed by atoms with van der Waals surface area (Å²) in [5.41, 5.74) is 4.83. The first-order valence-corrected chi connectivity index (χ1v) is 19.8. The quantitative estimate of drug-likeness (QED) is 0.203. The van der Waals surface area contributed by atoms with E-state index in [1.54, 1.807) is 16.2 Å². The minimum Gasteiger partial charge on any atom is -0.479 e. The molecule has 5 atom stereocenters. The van der Waals surface area contributed by atoms with Crippen LogP contribution in [-0.2, 0) is 18.8 Å². The molecule has 3 heterocycles. The number of hydrogen-bond acceptors (Lipinski definition) is 9. The third-order valence-corrected chi connectivity index (χ3v) is 14.8. The molecule has 4 rings (SSSR count). The molecular formula is C34H48N4O7SSi. The summed E-state index contributed by atoms with van der Waals surface area (Å²) >= 11 is 1.59. The molecular weight excluding hydrogens is 637 g/mol. The van der Waals surface area contributed by atoms with Crippen LogP contribution in [-0.4, -0.2) is 71.0 Å². The van der Waals surface area contributed by atoms with Crippen LogP contribution in [0, 0.1) is 12.8 Å². The van der Waals surface area contributed by atoms with Crippen molar-refractivity contribution < 1.29 is 33.2 Å². The van der Waals surface area contributed by atoms with Gasteiger partial charge in [-0.25, -0.2) is 9.78 Å². The lowest BCUT2D eigenvalue weighted by atomic mass is 9.91. The largest absolute Gasteiger partial charge is 0.479 e. The van der Waals surface area contributed by atoms with Gasteiger partial charge in [-0.1, -0.05) is 58.9 Å². The minimum absolute atomic E-state index is 0.0199. The van der Waals surface area contributed by atoms with Gasteiger partial charge < -0.3 is 29.0 Å². The van der Waals surface area contributed by atoms with Gasteiger partial charge in [-0.15, -0.1) is 11.3 Å². The number of carbonyl (C=O) groups excluding carboxylic acids is 2. The zero-order chi connectivity index (χ0) is 34.8. The van der Waals surface area contributed by atoms with E-state index in [1.165, 1.54) is 13.0 Å². The van der Waals surface area contributed by atoms with Gasteiger partial charge >= 0.3 is 5.97 Å². The predicted molar refractivity (Wildman–Crippen MR) is 183 cm³/mol. The highest BCUT2D eigenvalue weighted by Gasteiger charge is 2.47. The number of amides is 2. The lowest BCUT2D eigenvalue weighted by molar-refractivity contribution is -0.144. The lowest BCUT2D eigenvalue weighted by Crippen LogP contribution is -2.48. The van der Waals surface area contributed by atoms with Crippen LogP contribution < -0.4 is 10.1 Å². The number of nitrogens with zero attached hydrogens (tertiary/aromatic N) is 3. The number of likely N-dealkylation sites (tertiary alicyclic amines) is 1. The number of aryl methyl sites for hydroxylation is 1. The van der Waals surface area contributed by atoms with Gasteiger partial charge in [-0.05, 0) is 61.1 Å². The van der Waals surface area contributed by atoms with E-state index >= 15 is 0 Å².